The van der Waals surface area contributed by atoms with Crippen LogP contribution in [0.3, 0.4) is 0 Å². The average molecular weight is 411 g/mol. The average Bonchev–Trinajstić information content (AvgIpc) is 2.92. The zero-order valence-electron chi connectivity index (χ0n) is 16.7. The maximum absolute atomic E-state index is 12.4. The minimum absolute atomic E-state index is 0.00664. The first-order valence-corrected chi connectivity index (χ1v) is 11.0. The Morgan fingerprint density at radius 2 is 2.04 bits per heavy atom. The van der Waals surface area contributed by atoms with Crippen molar-refractivity contribution in [3.63, 3.8) is 0 Å². The molecule has 0 spiro atoms. The lowest BCUT2D eigenvalue weighted by Gasteiger charge is -2.62. The molecule has 28 heavy (non-hydrogen) atoms. The van der Waals surface area contributed by atoms with Crippen LogP contribution in [0.15, 0.2) is 11.6 Å². The van der Waals surface area contributed by atoms with E-state index in [1.807, 2.05) is 6.92 Å². The Bertz CT molecular complexity index is 734. The number of rotatable bonds is 3. The number of aliphatic hydroxyl groups excluding tert-OH is 2. The first-order chi connectivity index (χ1) is 13.1. The van der Waals surface area contributed by atoms with Crippen molar-refractivity contribution in [1.82, 2.24) is 0 Å². The van der Waals surface area contributed by atoms with E-state index >= 15 is 0 Å². The van der Waals surface area contributed by atoms with E-state index in [0.717, 1.165) is 18.4 Å². The fourth-order valence-corrected chi connectivity index (χ4v) is 8.11. The number of carbonyl (C=O) groups is 2. The third-order valence-corrected chi connectivity index (χ3v) is 9.53. The number of allylic oxidation sites excluding steroid dienone is 1. The van der Waals surface area contributed by atoms with Gasteiger partial charge in [-0.1, -0.05) is 19.4 Å². The smallest absolute Gasteiger partial charge is 0.190 e. The number of Topliss-reactive ketones (excluding diaryl/α,β-unsaturated/α-hetero) is 1. The molecule has 0 heterocycles. The predicted octanol–water partition coefficient (Wildman–Crippen LogP) is 2.25. The molecular formula is C22H31ClO5. The van der Waals surface area contributed by atoms with E-state index in [1.165, 1.54) is 0 Å². The molecule has 1 unspecified atom stereocenters. The topological polar surface area (TPSA) is 94.8 Å². The molecule has 0 saturated heterocycles. The number of hydrogen-bond acceptors (Lipinski definition) is 5. The maximum Gasteiger partial charge on any atom is 0.190 e. The first-order valence-electron chi connectivity index (χ1n) is 10.5. The Balaban J connectivity index is 1.77. The molecule has 0 radical (unpaired) electrons. The highest BCUT2D eigenvalue weighted by Gasteiger charge is 2.68. The first kappa shape index (κ1) is 20.5. The summed E-state index contributed by atoms with van der Waals surface area (Å²) in [7, 11) is 0. The largest absolute Gasteiger partial charge is 0.393 e. The molecule has 0 aromatic rings. The molecule has 0 bridgehead atoms. The Hall–Kier alpha value is -0.750. The number of carbonyl (C=O) groups excluding carboxylic acids is 2. The van der Waals surface area contributed by atoms with Crippen molar-refractivity contribution in [2.45, 2.75) is 64.1 Å². The minimum Gasteiger partial charge on any atom is -0.393 e. The molecule has 3 saturated carbocycles. The summed E-state index contributed by atoms with van der Waals surface area (Å²) < 4.78 is 0. The van der Waals surface area contributed by atoms with E-state index in [4.69, 9.17) is 11.6 Å². The van der Waals surface area contributed by atoms with Gasteiger partial charge >= 0.3 is 0 Å². The summed E-state index contributed by atoms with van der Waals surface area (Å²) in [6.07, 6.45) is 4.51. The minimum atomic E-state index is -1.58. The fourth-order valence-electron chi connectivity index (χ4n) is 7.68. The summed E-state index contributed by atoms with van der Waals surface area (Å²) in [5, 5.41) is 32.0. The van der Waals surface area contributed by atoms with Crippen molar-refractivity contribution in [3.05, 3.63) is 11.6 Å². The van der Waals surface area contributed by atoms with Gasteiger partial charge in [-0.25, -0.2) is 0 Å². The van der Waals surface area contributed by atoms with Gasteiger partial charge in [0.1, 0.15) is 12.2 Å². The van der Waals surface area contributed by atoms with Gasteiger partial charge in [0.15, 0.2) is 11.6 Å². The van der Waals surface area contributed by atoms with Crippen LogP contribution < -0.4 is 0 Å². The van der Waals surface area contributed by atoms with E-state index in [-0.39, 0.29) is 34.9 Å². The lowest BCUT2D eigenvalue weighted by Crippen LogP contribution is -2.63. The van der Waals surface area contributed by atoms with E-state index in [2.05, 4.69) is 6.92 Å². The normalized spacial score (nSPS) is 50.4. The van der Waals surface area contributed by atoms with E-state index in [9.17, 15) is 24.9 Å². The lowest BCUT2D eigenvalue weighted by atomic mass is 9.43. The molecule has 0 amide bonds. The van der Waals surface area contributed by atoms with E-state index in [1.54, 1.807) is 6.08 Å². The van der Waals surface area contributed by atoms with Crippen LogP contribution in [0.5, 0.6) is 0 Å². The quantitative estimate of drug-likeness (QED) is 0.620. The predicted molar refractivity (Wildman–Crippen MR) is 105 cm³/mol. The van der Waals surface area contributed by atoms with Gasteiger partial charge in [-0.3, -0.25) is 9.59 Å². The molecule has 3 N–H and O–H groups in total. The lowest BCUT2D eigenvalue weighted by molar-refractivity contribution is -0.185. The molecule has 3 fully saturated rings. The number of ketones is 2. The van der Waals surface area contributed by atoms with Crippen molar-refractivity contribution in [2.24, 2.45) is 34.5 Å². The zero-order chi connectivity index (χ0) is 20.5. The van der Waals surface area contributed by atoms with Crippen molar-refractivity contribution in [2.75, 3.05) is 12.5 Å². The van der Waals surface area contributed by atoms with Gasteiger partial charge in [0.2, 0.25) is 0 Å². The third-order valence-electron chi connectivity index (χ3n) is 9.16. The molecule has 0 aliphatic heterocycles. The number of fused-ring (bicyclic) bond motifs is 5. The van der Waals surface area contributed by atoms with Crippen molar-refractivity contribution in [3.8, 4) is 0 Å². The SMILES string of the molecule is C[C@]12C(=CC(=O)CC1CCl)CC[C@@H]1[C@@H]2[C@@H](O)C[C@@]2(C)[C@H]1CC[C@]2(O)C(=O)CO. The van der Waals surface area contributed by atoms with Gasteiger partial charge in [0, 0.05) is 17.7 Å². The number of halogens is 1. The Labute approximate surface area is 171 Å². The van der Waals surface area contributed by atoms with Gasteiger partial charge in [-0.05, 0) is 67.3 Å². The summed E-state index contributed by atoms with van der Waals surface area (Å²) in [5.41, 5.74) is -1.55. The van der Waals surface area contributed by atoms with Gasteiger partial charge in [-0.15, -0.1) is 11.6 Å². The highest BCUT2D eigenvalue weighted by atomic mass is 35.5. The van der Waals surface area contributed by atoms with Gasteiger partial charge in [0.05, 0.1) is 6.10 Å². The molecule has 4 aliphatic rings. The second-order valence-corrected chi connectivity index (χ2v) is 10.3. The maximum atomic E-state index is 12.4. The molecule has 4 aliphatic carbocycles. The summed E-state index contributed by atoms with van der Waals surface area (Å²) >= 11 is 6.30. The van der Waals surface area contributed by atoms with Crippen LogP contribution >= 0.6 is 11.6 Å². The van der Waals surface area contributed by atoms with Gasteiger partial charge < -0.3 is 15.3 Å². The van der Waals surface area contributed by atoms with Crippen molar-refractivity contribution in [1.29, 1.82) is 0 Å². The molecule has 4 rings (SSSR count). The summed E-state index contributed by atoms with van der Waals surface area (Å²) in [6.45, 7) is 3.39. The molecule has 0 aromatic carbocycles. The van der Waals surface area contributed by atoms with Crippen LogP contribution in [0.2, 0.25) is 0 Å². The molecular weight excluding hydrogens is 380 g/mol. The molecule has 6 heteroatoms. The van der Waals surface area contributed by atoms with Crippen LogP contribution in [0.4, 0.5) is 0 Å². The Morgan fingerprint density at radius 3 is 2.68 bits per heavy atom. The monoisotopic (exact) mass is 410 g/mol. The summed E-state index contributed by atoms with van der Waals surface area (Å²) in [4.78, 5) is 24.6. The van der Waals surface area contributed by atoms with Crippen molar-refractivity contribution < 1.29 is 24.9 Å². The molecule has 5 nitrogen and oxygen atoms in total. The van der Waals surface area contributed by atoms with Crippen LogP contribution in [0.25, 0.3) is 0 Å². The highest BCUT2D eigenvalue weighted by molar-refractivity contribution is 6.18. The number of hydrogen-bond donors (Lipinski definition) is 3. The van der Waals surface area contributed by atoms with Gasteiger partial charge in [-0.2, -0.15) is 0 Å². The van der Waals surface area contributed by atoms with Gasteiger partial charge in [0.25, 0.3) is 0 Å². The van der Waals surface area contributed by atoms with Crippen LogP contribution in [-0.4, -0.2) is 51.1 Å². The molecule has 156 valence electrons. The Kier molecular flexibility index (Phi) is 4.86. The standard InChI is InChI=1S/C22H31ClO5/c1-20-9-17(26)19-15(16(20)5-6-22(20,28)18(27)11-24)4-3-12-7-14(25)8-13(10-23)21(12,19)2/h7,13,15-17,19,24,26,28H,3-6,8-11H2,1-2H3/t13?,15-,16-,17-,19+,20-,21-,22-/m0/s1. The van der Waals surface area contributed by atoms with Crippen LogP contribution in [0.1, 0.15) is 52.4 Å². The second-order valence-electron chi connectivity index (χ2n) is 9.98. The van der Waals surface area contributed by atoms with Crippen molar-refractivity contribution >= 4 is 23.2 Å². The van der Waals surface area contributed by atoms with Crippen LogP contribution in [0, 0.1) is 34.5 Å². The highest BCUT2D eigenvalue weighted by Crippen LogP contribution is 2.68. The third kappa shape index (κ3) is 2.43. The number of alkyl halides is 1. The van der Waals surface area contributed by atoms with E-state index < -0.39 is 29.5 Å². The second kappa shape index (κ2) is 6.63. The molecule has 8 atom stereocenters. The van der Waals surface area contributed by atoms with Crippen LogP contribution in [-0.2, 0) is 9.59 Å². The fraction of sp³-hybridized carbons (Fsp3) is 0.818. The summed E-state index contributed by atoms with van der Waals surface area (Å²) in [5.74, 6) is 0.193. The number of aliphatic hydroxyl groups is 3. The molecule has 0 aromatic heterocycles. The summed E-state index contributed by atoms with van der Waals surface area (Å²) in [6, 6.07) is 0. The zero-order valence-corrected chi connectivity index (χ0v) is 17.4. The Morgan fingerprint density at radius 1 is 1.32 bits per heavy atom. The van der Waals surface area contributed by atoms with E-state index in [0.29, 0.717) is 31.6 Å².